The minimum atomic E-state index is 0. The number of benzene rings is 1. The summed E-state index contributed by atoms with van der Waals surface area (Å²) in [4.78, 5) is 9.99. The zero-order valence-electron chi connectivity index (χ0n) is 6.22. The first kappa shape index (κ1) is 9.49. The monoisotopic (exact) mass is 126 g/mol. The van der Waals surface area contributed by atoms with E-state index >= 15 is 0 Å². The SMILES string of the molecule is Cc1ccc([C-]=O)cc1.[Li+]. The average Bonchev–Trinajstić information content (AvgIpc) is 1.90. The van der Waals surface area contributed by atoms with Crippen LogP contribution < -0.4 is 18.9 Å². The Labute approximate surface area is 72.6 Å². The van der Waals surface area contributed by atoms with Gasteiger partial charge in [0.05, 0.1) is 6.29 Å². The standard InChI is InChI=1S/C8H7O.Li/c1-7-2-4-8(6-9)5-3-7;/h2-5H,1H3;/q-1;+1. The van der Waals surface area contributed by atoms with Crippen molar-refractivity contribution >= 4 is 6.29 Å². The van der Waals surface area contributed by atoms with Gasteiger partial charge in [0.1, 0.15) is 0 Å². The van der Waals surface area contributed by atoms with Crippen LogP contribution in [0.15, 0.2) is 24.3 Å². The van der Waals surface area contributed by atoms with Crippen molar-refractivity contribution < 1.29 is 23.7 Å². The van der Waals surface area contributed by atoms with Crippen molar-refractivity contribution in [2.75, 3.05) is 0 Å². The number of aryl methyl sites for hydroxylation is 1. The molecule has 0 aliphatic rings. The molecule has 0 aromatic heterocycles. The van der Waals surface area contributed by atoms with Crippen molar-refractivity contribution in [3.8, 4) is 0 Å². The number of rotatable bonds is 1. The Morgan fingerprint density at radius 2 is 1.70 bits per heavy atom. The molecule has 10 heavy (non-hydrogen) atoms. The summed E-state index contributed by atoms with van der Waals surface area (Å²) in [5.74, 6) is 0. The molecule has 2 heteroatoms. The van der Waals surface area contributed by atoms with Gasteiger partial charge in [0.2, 0.25) is 0 Å². The van der Waals surface area contributed by atoms with E-state index in [0.29, 0.717) is 5.56 Å². The molecule has 1 aromatic carbocycles. The van der Waals surface area contributed by atoms with Crippen molar-refractivity contribution in [2.24, 2.45) is 0 Å². The molecular weight excluding hydrogens is 119 g/mol. The Morgan fingerprint density at radius 3 is 2.10 bits per heavy atom. The Hall–Kier alpha value is -0.513. The molecule has 0 amide bonds. The summed E-state index contributed by atoms with van der Waals surface area (Å²) >= 11 is 0. The van der Waals surface area contributed by atoms with Crippen LogP contribution in [0.1, 0.15) is 11.1 Å². The van der Waals surface area contributed by atoms with Crippen molar-refractivity contribution in [1.82, 2.24) is 0 Å². The van der Waals surface area contributed by atoms with E-state index in [1.807, 2.05) is 19.1 Å². The molecule has 0 aliphatic carbocycles. The fourth-order valence-corrected chi connectivity index (χ4v) is 0.622. The summed E-state index contributed by atoms with van der Waals surface area (Å²) in [6.07, 6.45) is 1.80. The quantitative estimate of drug-likeness (QED) is 0.329. The average molecular weight is 126 g/mol. The number of carbonyl (C=O) groups excluding carboxylic acids is 1. The molecule has 0 radical (unpaired) electrons. The van der Waals surface area contributed by atoms with Gasteiger partial charge in [-0.15, -0.1) is 12.1 Å². The van der Waals surface area contributed by atoms with E-state index < -0.39 is 0 Å². The van der Waals surface area contributed by atoms with Crippen LogP contribution >= 0.6 is 0 Å². The summed E-state index contributed by atoms with van der Waals surface area (Å²) in [6.45, 7) is 1.98. The molecule has 0 aliphatic heterocycles. The van der Waals surface area contributed by atoms with Crippen LogP contribution in [0.3, 0.4) is 0 Å². The maximum Gasteiger partial charge on any atom is 1.00 e. The molecule has 0 spiro atoms. The van der Waals surface area contributed by atoms with Crippen LogP contribution in [0, 0.1) is 6.92 Å². The van der Waals surface area contributed by atoms with E-state index in [0.717, 1.165) is 5.56 Å². The second-order valence-corrected chi connectivity index (χ2v) is 1.97. The fourth-order valence-electron chi connectivity index (χ4n) is 0.622. The van der Waals surface area contributed by atoms with Crippen LogP contribution in [0.2, 0.25) is 0 Å². The van der Waals surface area contributed by atoms with E-state index in [4.69, 9.17) is 0 Å². The van der Waals surface area contributed by atoms with Gasteiger partial charge in [0.15, 0.2) is 0 Å². The molecule has 0 unspecified atom stereocenters. The van der Waals surface area contributed by atoms with Crippen LogP contribution in [0.4, 0.5) is 0 Å². The molecule has 0 atom stereocenters. The summed E-state index contributed by atoms with van der Waals surface area (Å²) < 4.78 is 0. The molecule has 0 N–H and O–H groups in total. The Morgan fingerprint density at radius 1 is 1.20 bits per heavy atom. The predicted octanol–water partition coefficient (Wildman–Crippen LogP) is -1.54. The van der Waals surface area contributed by atoms with E-state index in [-0.39, 0.29) is 18.9 Å². The molecule has 0 saturated heterocycles. The fraction of sp³-hybridized carbons (Fsp3) is 0.125. The van der Waals surface area contributed by atoms with Gasteiger partial charge in [-0.25, -0.2) is 0 Å². The molecule has 0 fully saturated rings. The Bertz CT molecular complexity index is 203. The molecule has 0 saturated carbocycles. The Balaban J connectivity index is 0.000000810. The molecule has 1 aromatic rings. The largest absolute Gasteiger partial charge is 1.00 e. The van der Waals surface area contributed by atoms with E-state index in [2.05, 4.69) is 0 Å². The number of hydrogen-bond donors (Lipinski definition) is 0. The van der Waals surface area contributed by atoms with Crippen molar-refractivity contribution in [3.05, 3.63) is 35.4 Å². The Kier molecular flexibility index (Phi) is 4.10. The molecule has 0 heterocycles. The summed E-state index contributed by atoms with van der Waals surface area (Å²) in [5, 5.41) is 0. The molecular formula is C8H7LiO. The summed E-state index contributed by atoms with van der Waals surface area (Å²) in [6, 6.07) is 7.28. The van der Waals surface area contributed by atoms with Crippen LogP contribution in [-0.4, -0.2) is 6.29 Å². The topological polar surface area (TPSA) is 17.1 Å². The van der Waals surface area contributed by atoms with Gasteiger partial charge in [-0.3, -0.25) is 0 Å². The zero-order valence-corrected chi connectivity index (χ0v) is 6.22. The molecule has 1 nitrogen and oxygen atoms in total. The summed E-state index contributed by atoms with van der Waals surface area (Å²) in [7, 11) is 0. The third-order valence-corrected chi connectivity index (χ3v) is 1.17. The van der Waals surface area contributed by atoms with Gasteiger partial charge < -0.3 is 4.79 Å². The van der Waals surface area contributed by atoms with Crippen molar-refractivity contribution in [2.45, 2.75) is 6.92 Å². The first-order valence-electron chi connectivity index (χ1n) is 2.78. The van der Waals surface area contributed by atoms with Gasteiger partial charge in [0, 0.05) is 0 Å². The van der Waals surface area contributed by atoms with Crippen LogP contribution in [-0.2, 0) is 4.79 Å². The van der Waals surface area contributed by atoms with Gasteiger partial charge >= 0.3 is 18.9 Å². The first-order chi connectivity index (χ1) is 4.33. The van der Waals surface area contributed by atoms with Gasteiger partial charge in [-0.1, -0.05) is 5.56 Å². The van der Waals surface area contributed by atoms with Crippen LogP contribution in [0.25, 0.3) is 0 Å². The maximum absolute atomic E-state index is 9.99. The third kappa shape index (κ3) is 2.39. The van der Waals surface area contributed by atoms with E-state index in [9.17, 15) is 4.79 Å². The molecule has 46 valence electrons. The zero-order chi connectivity index (χ0) is 6.69. The minimum Gasteiger partial charge on any atom is -0.376 e. The molecule has 0 bridgehead atoms. The van der Waals surface area contributed by atoms with Gasteiger partial charge in [0.25, 0.3) is 0 Å². The van der Waals surface area contributed by atoms with Crippen molar-refractivity contribution in [1.29, 1.82) is 0 Å². The van der Waals surface area contributed by atoms with Gasteiger partial charge in [-0.2, -0.15) is 17.7 Å². The second-order valence-electron chi connectivity index (χ2n) is 1.97. The third-order valence-electron chi connectivity index (χ3n) is 1.17. The predicted molar refractivity (Wildman–Crippen MR) is 36.0 cm³/mol. The van der Waals surface area contributed by atoms with E-state index in [1.165, 1.54) is 0 Å². The van der Waals surface area contributed by atoms with E-state index in [1.54, 1.807) is 18.4 Å². The first-order valence-corrected chi connectivity index (χ1v) is 2.78. The normalized spacial score (nSPS) is 8.10. The van der Waals surface area contributed by atoms with Crippen LogP contribution in [0.5, 0.6) is 0 Å². The second kappa shape index (κ2) is 4.33. The minimum absolute atomic E-state index is 0. The maximum atomic E-state index is 9.99. The molecule has 1 rings (SSSR count). The smallest absolute Gasteiger partial charge is 0.376 e. The van der Waals surface area contributed by atoms with Crippen molar-refractivity contribution in [3.63, 3.8) is 0 Å². The van der Waals surface area contributed by atoms with Gasteiger partial charge in [-0.05, 0) is 6.92 Å². The summed E-state index contributed by atoms with van der Waals surface area (Å²) in [5.41, 5.74) is 1.77. The number of hydrogen-bond acceptors (Lipinski definition) is 1.